The molecule has 1 saturated heterocycles. The molecule has 7 heteroatoms. The highest BCUT2D eigenvalue weighted by Crippen LogP contribution is 2.26. The molecule has 0 spiro atoms. The van der Waals surface area contributed by atoms with Crippen molar-refractivity contribution in [3.05, 3.63) is 54.0 Å². The lowest BCUT2D eigenvalue weighted by atomic mass is 9.97. The molecule has 0 unspecified atom stereocenters. The van der Waals surface area contributed by atoms with Crippen LogP contribution in [-0.4, -0.2) is 41.3 Å². The van der Waals surface area contributed by atoms with E-state index in [0.29, 0.717) is 24.5 Å². The number of carbonyl (C=O) groups excluding carboxylic acids is 2. The fourth-order valence-electron chi connectivity index (χ4n) is 2.78. The average Bonchev–Trinajstić information content (AvgIpc) is 3.15. The van der Waals surface area contributed by atoms with Gasteiger partial charge in [-0.3, -0.25) is 9.59 Å². The van der Waals surface area contributed by atoms with Crippen LogP contribution in [0.25, 0.3) is 0 Å². The number of nitrogens with zero attached hydrogens (tertiary/aromatic N) is 2. The van der Waals surface area contributed by atoms with Gasteiger partial charge in [0, 0.05) is 24.6 Å². The van der Waals surface area contributed by atoms with Gasteiger partial charge in [0.05, 0.1) is 12.7 Å². The standard InChI is InChI=1S/C17H18FN3O3/c18-14-3-1-12(2-4-14)16(23)20-11-15(22)21-8-5-13(6-9-21)17-19-7-10-24-17/h1-4,7,10,13H,5-6,8-9,11H2,(H,20,23). The van der Waals surface area contributed by atoms with Crippen LogP contribution in [0.5, 0.6) is 0 Å². The molecule has 2 aromatic rings. The third-order valence-corrected chi connectivity index (χ3v) is 4.15. The van der Waals surface area contributed by atoms with Crippen molar-refractivity contribution in [2.75, 3.05) is 19.6 Å². The Morgan fingerprint density at radius 2 is 1.96 bits per heavy atom. The molecule has 0 radical (unpaired) electrons. The normalized spacial score (nSPS) is 15.3. The lowest BCUT2D eigenvalue weighted by Crippen LogP contribution is -2.43. The number of carbonyl (C=O) groups is 2. The molecule has 2 amide bonds. The molecule has 0 atom stereocenters. The van der Waals surface area contributed by atoms with Crippen LogP contribution >= 0.6 is 0 Å². The zero-order valence-electron chi connectivity index (χ0n) is 13.1. The predicted molar refractivity (Wildman–Crippen MR) is 83.8 cm³/mol. The molecule has 1 aromatic heterocycles. The van der Waals surface area contributed by atoms with E-state index in [9.17, 15) is 14.0 Å². The molecular formula is C17H18FN3O3. The second-order valence-electron chi connectivity index (χ2n) is 5.71. The summed E-state index contributed by atoms with van der Waals surface area (Å²) < 4.78 is 18.1. The van der Waals surface area contributed by atoms with Crippen molar-refractivity contribution in [1.82, 2.24) is 15.2 Å². The second-order valence-corrected chi connectivity index (χ2v) is 5.71. The molecule has 1 N–H and O–H groups in total. The summed E-state index contributed by atoms with van der Waals surface area (Å²) in [5, 5.41) is 2.57. The number of hydrogen-bond acceptors (Lipinski definition) is 4. The number of piperidine rings is 1. The third-order valence-electron chi connectivity index (χ3n) is 4.15. The van der Waals surface area contributed by atoms with Gasteiger partial charge in [0.15, 0.2) is 5.89 Å². The number of hydrogen-bond donors (Lipinski definition) is 1. The lowest BCUT2D eigenvalue weighted by Gasteiger charge is -2.30. The van der Waals surface area contributed by atoms with Gasteiger partial charge in [-0.2, -0.15) is 0 Å². The highest BCUT2D eigenvalue weighted by atomic mass is 19.1. The zero-order valence-corrected chi connectivity index (χ0v) is 13.1. The largest absolute Gasteiger partial charge is 0.449 e. The summed E-state index contributed by atoms with van der Waals surface area (Å²) in [5.41, 5.74) is 0.326. The molecular weight excluding hydrogens is 313 g/mol. The maximum atomic E-state index is 12.8. The maximum Gasteiger partial charge on any atom is 0.251 e. The van der Waals surface area contributed by atoms with E-state index in [1.807, 2.05) is 0 Å². The SMILES string of the molecule is O=C(NCC(=O)N1CCC(c2ncco2)CC1)c1ccc(F)cc1. The minimum atomic E-state index is -0.406. The number of nitrogens with one attached hydrogen (secondary N) is 1. The van der Waals surface area contributed by atoms with E-state index in [0.717, 1.165) is 12.8 Å². The fourth-order valence-corrected chi connectivity index (χ4v) is 2.78. The van der Waals surface area contributed by atoms with Gasteiger partial charge in [-0.05, 0) is 37.1 Å². The summed E-state index contributed by atoms with van der Waals surface area (Å²) in [4.78, 5) is 30.0. The molecule has 1 aliphatic rings. The fraction of sp³-hybridized carbons (Fsp3) is 0.353. The Labute approximate surface area is 138 Å². The second kappa shape index (κ2) is 7.25. The van der Waals surface area contributed by atoms with Gasteiger partial charge in [0.1, 0.15) is 12.1 Å². The molecule has 2 heterocycles. The van der Waals surface area contributed by atoms with E-state index in [4.69, 9.17) is 4.42 Å². The zero-order chi connectivity index (χ0) is 16.9. The molecule has 3 rings (SSSR count). The van der Waals surface area contributed by atoms with E-state index in [-0.39, 0.29) is 18.4 Å². The monoisotopic (exact) mass is 331 g/mol. The van der Waals surface area contributed by atoms with E-state index in [1.165, 1.54) is 24.3 Å². The van der Waals surface area contributed by atoms with Crippen molar-refractivity contribution < 1.29 is 18.4 Å². The van der Waals surface area contributed by atoms with Crippen molar-refractivity contribution in [2.45, 2.75) is 18.8 Å². The van der Waals surface area contributed by atoms with Crippen LogP contribution in [0.2, 0.25) is 0 Å². The summed E-state index contributed by atoms with van der Waals surface area (Å²) in [7, 11) is 0. The van der Waals surface area contributed by atoms with Crippen LogP contribution in [0, 0.1) is 5.82 Å². The molecule has 0 bridgehead atoms. The Bertz CT molecular complexity index is 692. The van der Waals surface area contributed by atoms with Crippen molar-refractivity contribution in [3.8, 4) is 0 Å². The molecule has 1 aliphatic heterocycles. The number of amides is 2. The van der Waals surface area contributed by atoms with Crippen LogP contribution < -0.4 is 5.32 Å². The van der Waals surface area contributed by atoms with Gasteiger partial charge in [0.25, 0.3) is 5.91 Å². The molecule has 6 nitrogen and oxygen atoms in total. The summed E-state index contributed by atoms with van der Waals surface area (Å²) in [6.45, 7) is 1.15. The summed E-state index contributed by atoms with van der Waals surface area (Å²) in [5.74, 6) is 0.0236. The van der Waals surface area contributed by atoms with Crippen LogP contribution in [-0.2, 0) is 4.79 Å². The van der Waals surface area contributed by atoms with Gasteiger partial charge in [-0.1, -0.05) is 0 Å². The minimum Gasteiger partial charge on any atom is -0.449 e. The van der Waals surface area contributed by atoms with Crippen LogP contribution in [0.15, 0.2) is 41.1 Å². The third kappa shape index (κ3) is 3.79. The first-order chi connectivity index (χ1) is 11.6. The smallest absolute Gasteiger partial charge is 0.251 e. The van der Waals surface area contributed by atoms with Crippen molar-refractivity contribution in [3.63, 3.8) is 0 Å². The summed E-state index contributed by atoms with van der Waals surface area (Å²) in [6, 6.07) is 5.20. The van der Waals surface area contributed by atoms with E-state index >= 15 is 0 Å². The van der Waals surface area contributed by atoms with Gasteiger partial charge in [-0.15, -0.1) is 0 Å². The van der Waals surface area contributed by atoms with Crippen molar-refractivity contribution >= 4 is 11.8 Å². The molecule has 24 heavy (non-hydrogen) atoms. The van der Waals surface area contributed by atoms with E-state index < -0.39 is 11.7 Å². The molecule has 0 saturated carbocycles. The van der Waals surface area contributed by atoms with E-state index in [2.05, 4.69) is 10.3 Å². The Morgan fingerprint density at radius 1 is 1.25 bits per heavy atom. The quantitative estimate of drug-likeness (QED) is 0.929. The summed E-state index contributed by atoms with van der Waals surface area (Å²) >= 11 is 0. The number of benzene rings is 1. The summed E-state index contributed by atoms with van der Waals surface area (Å²) in [6.07, 6.45) is 4.76. The topological polar surface area (TPSA) is 75.4 Å². The highest BCUT2D eigenvalue weighted by Gasteiger charge is 2.26. The van der Waals surface area contributed by atoms with Gasteiger partial charge >= 0.3 is 0 Å². The first kappa shape index (κ1) is 16.2. The number of halogens is 1. The van der Waals surface area contributed by atoms with Gasteiger partial charge in [-0.25, -0.2) is 9.37 Å². The van der Waals surface area contributed by atoms with Gasteiger partial charge < -0.3 is 14.6 Å². The van der Waals surface area contributed by atoms with Crippen LogP contribution in [0.4, 0.5) is 4.39 Å². The van der Waals surface area contributed by atoms with Crippen molar-refractivity contribution in [2.24, 2.45) is 0 Å². The molecule has 126 valence electrons. The van der Waals surface area contributed by atoms with Crippen LogP contribution in [0.1, 0.15) is 35.0 Å². The first-order valence-electron chi connectivity index (χ1n) is 7.84. The van der Waals surface area contributed by atoms with Gasteiger partial charge in [0.2, 0.25) is 5.91 Å². The first-order valence-corrected chi connectivity index (χ1v) is 7.84. The van der Waals surface area contributed by atoms with Crippen molar-refractivity contribution in [1.29, 1.82) is 0 Å². The average molecular weight is 331 g/mol. The number of likely N-dealkylation sites (tertiary alicyclic amines) is 1. The number of aromatic nitrogens is 1. The predicted octanol–water partition coefficient (Wildman–Crippen LogP) is 1.95. The lowest BCUT2D eigenvalue weighted by molar-refractivity contribution is -0.131. The Hall–Kier alpha value is -2.70. The highest BCUT2D eigenvalue weighted by molar-refractivity contribution is 5.96. The molecule has 1 aromatic carbocycles. The maximum absolute atomic E-state index is 12.8. The number of oxazole rings is 1. The Balaban J connectivity index is 1.46. The Kier molecular flexibility index (Phi) is 4.88. The Morgan fingerprint density at radius 3 is 2.58 bits per heavy atom. The molecule has 1 fully saturated rings. The van der Waals surface area contributed by atoms with Crippen LogP contribution in [0.3, 0.4) is 0 Å². The molecule has 0 aliphatic carbocycles. The van der Waals surface area contributed by atoms with E-state index in [1.54, 1.807) is 17.4 Å². The minimum absolute atomic E-state index is 0.0696. The number of rotatable bonds is 4.